The molecule has 0 unspecified atom stereocenters. The second kappa shape index (κ2) is 6.03. The predicted octanol–water partition coefficient (Wildman–Crippen LogP) is 4.00. The van der Waals surface area contributed by atoms with Gasteiger partial charge in [0, 0.05) is 16.3 Å². The summed E-state index contributed by atoms with van der Waals surface area (Å²) in [4.78, 5) is 16.4. The molecule has 25 heavy (non-hydrogen) atoms. The van der Waals surface area contributed by atoms with Crippen molar-refractivity contribution in [1.82, 2.24) is 4.98 Å². The van der Waals surface area contributed by atoms with Gasteiger partial charge < -0.3 is 16.0 Å². The van der Waals surface area contributed by atoms with Gasteiger partial charge in [0.25, 0.3) is 0 Å². The van der Waals surface area contributed by atoms with Gasteiger partial charge in [0.15, 0.2) is 10.5 Å². The van der Waals surface area contributed by atoms with E-state index in [1.165, 1.54) is 0 Å². The van der Waals surface area contributed by atoms with Gasteiger partial charge in [-0.3, -0.25) is 4.79 Å². The Bertz CT molecular complexity index is 1170. The maximum atomic E-state index is 13.0. The van der Waals surface area contributed by atoms with E-state index in [1.54, 1.807) is 6.07 Å². The van der Waals surface area contributed by atoms with Crippen molar-refractivity contribution in [3.8, 4) is 11.1 Å². The summed E-state index contributed by atoms with van der Waals surface area (Å²) < 4.78 is 0. The number of anilines is 1. The molecule has 0 aliphatic carbocycles. The minimum absolute atomic E-state index is 0.0203. The van der Waals surface area contributed by atoms with Crippen LogP contribution in [0.4, 0.5) is 5.69 Å². The van der Waals surface area contributed by atoms with Crippen LogP contribution in [0, 0.1) is 0 Å². The molecule has 0 radical (unpaired) electrons. The van der Waals surface area contributed by atoms with Gasteiger partial charge in [0.2, 0.25) is 0 Å². The lowest BCUT2D eigenvalue weighted by Crippen LogP contribution is -2.19. The van der Waals surface area contributed by atoms with Gasteiger partial charge in [-0.15, -0.1) is 0 Å². The average molecular weight is 345 g/mol. The van der Waals surface area contributed by atoms with E-state index in [0.717, 1.165) is 16.6 Å². The van der Waals surface area contributed by atoms with Gasteiger partial charge in [0.1, 0.15) is 0 Å². The van der Waals surface area contributed by atoms with Crippen molar-refractivity contribution in [3.63, 3.8) is 0 Å². The number of hydrogen-bond donors (Lipinski definition) is 3. The normalized spacial score (nSPS) is 10.9. The molecule has 4 aromatic rings. The molecule has 0 aliphatic heterocycles. The van der Waals surface area contributed by atoms with Crippen LogP contribution < -0.4 is 16.5 Å². The highest BCUT2D eigenvalue weighted by Crippen LogP contribution is 2.29. The number of para-hydroxylation sites is 2. The second-order valence-corrected chi connectivity index (χ2v) is 6.21. The van der Waals surface area contributed by atoms with E-state index in [-0.39, 0.29) is 10.5 Å². The van der Waals surface area contributed by atoms with E-state index in [9.17, 15) is 4.79 Å². The Labute approximate surface area is 149 Å². The summed E-state index contributed by atoms with van der Waals surface area (Å²) in [5.41, 5.74) is 9.79. The van der Waals surface area contributed by atoms with Crippen molar-refractivity contribution >= 4 is 44.8 Å². The van der Waals surface area contributed by atoms with Gasteiger partial charge in [-0.1, -0.05) is 48.5 Å². The van der Waals surface area contributed by atoms with E-state index in [4.69, 9.17) is 18.0 Å². The van der Waals surface area contributed by atoms with Gasteiger partial charge >= 0.3 is 0 Å². The van der Waals surface area contributed by atoms with Gasteiger partial charge in [0.05, 0.1) is 16.7 Å². The minimum Gasteiger partial charge on any atom is -0.376 e. The fraction of sp³-hybridized carbons (Fsp3) is 0. The topological polar surface area (TPSA) is 70.9 Å². The fourth-order valence-electron chi connectivity index (χ4n) is 3.12. The molecule has 1 heterocycles. The first-order valence-corrected chi connectivity index (χ1v) is 8.25. The summed E-state index contributed by atoms with van der Waals surface area (Å²) in [6, 6.07) is 21.2. The molecule has 5 heteroatoms. The maximum Gasteiger partial charge on any atom is 0.197 e. The van der Waals surface area contributed by atoms with Crippen LogP contribution in [0.5, 0.6) is 0 Å². The van der Waals surface area contributed by atoms with Crippen LogP contribution in [-0.4, -0.2) is 10.1 Å². The standard InChI is InChI=1S/C20H15N3OS/c21-20(25)22-16-11-5-10-15-18(16)23-17-13(12-6-2-1-3-7-12)8-4-9-14(17)19(15)24/h1-11H,(H,23,24)(H3,21,22,25). The van der Waals surface area contributed by atoms with Crippen LogP contribution in [0.3, 0.4) is 0 Å². The largest absolute Gasteiger partial charge is 0.376 e. The molecule has 1 aromatic heterocycles. The quantitative estimate of drug-likeness (QED) is 0.379. The molecule has 122 valence electrons. The number of nitrogens with one attached hydrogen (secondary N) is 2. The number of H-pyrrole nitrogens is 1. The van der Waals surface area contributed by atoms with E-state index < -0.39 is 0 Å². The molecule has 0 fully saturated rings. The summed E-state index contributed by atoms with van der Waals surface area (Å²) >= 11 is 4.95. The third kappa shape index (κ3) is 2.64. The molecule has 4 rings (SSSR count). The van der Waals surface area contributed by atoms with Crippen LogP contribution in [0.1, 0.15) is 0 Å². The summed E-state index contributed by atoms with van der Waals surface area (Å²) in [6.07, 6.45) is 0. The maximum absolute atomic E-state index is 13.0. The van der Waals surface area contributed by atoms with Crippen molar-refractivity contribution in [2.24, 2.45) is 5.73 Å². The Balaban J connectivity index is 2.11. The van der Waals surface area contributed by atoms with Crippen LogP contribution >= 0.6 is 12.2 Å². The molecule has 0 bridgehead atoms. The fourth-order valence-corrected chi connectivity index (χ4v) is 3.23. The first kappa shape index (κ1) is 15.4. The van der Waals surface area contributed by atoms with Crippen molar-refractivity contribution in [2.45, 2.75) is 0 Å². The lowest BCUT2D eigenvalue weighted by atomic mass is 10.0. The smallest absolute Gasteiger partial charge is 0.197 e. The first-order valence-electron chi connectivity index (χ1n) is 7.85. The van der Waals surface area contributed by atoms with E-state index >= 15 is 0 Å². The number of pyridine rings is 1. The number of aromatic amines is 1. The van der Waals surface area contributed by atoms with E-state index in [1.807, 2.05) is 60.7 Å². The van der Waals surface area contributed by atoms with Gasteiger partial charge in [-0.05, 0) is 36.0 Å². The van der Waals surface area contributed by atoms with Gasteiger partial charge in [-0.2, -0.15) is 0 Å². The highest BCUT2D eigenvalue weighted by Gasteiger charge is 2.12. The lowest BCUT2D eigenvalue weighted by Gasteiger charge is -2.12. The highest BCUT2D eigenvalue weighted by molar-refractivity contribution is 7.80. The molecule has 0 saturated heterocycles. The molecule has 4 nitrogen and oxygen atoms in total. The molecule has 0 spiro atoms. The Hall–Kier alpha value is -3.18. The van der Waals surface area contributed by atoms with Crippen molar-refractivity contribution in [2.75, 3.05) is 5.32 Å². The monoisotopic (exact) mass is 345 g/mol. The average Bonchev–Trinajstić information content (AvgIpc) is 2.63. The van der Waals surface area contributed by atoms with Crippen LogP contribution in [-0.2, 0) is 0 Å². The molecule has 0 atom stereocenters. The lowest BCUT2D eigenvalue weighted by molar-refractivity contribution is 1.46. The highest BCUT2D eigenvalue weighted by atomic mass is 32.1. The summed E-state index contributed by atoms with van der Waals surface area (Å²) in [7, 11) is 0. The molecular formula is C20H15N3OS. The van der Waals surface area contributed by atoms with Crippen molar-refractivity contribution < 1.29 is 0 Å². The first-order chi connectivity index (χ1) is 12.1. The SMILES string of the molecule is NC(=S)Nc1cccc2c(=O)c3cccc(-c4ccccc4)c3[nH]c12. The molecule has 0 amide bonds. The van der Waals surface area contributed by atoms with Crippen molar-refractivity contribution in [3.05, 3.63) is 77.0 Å². The van der Waals surface area contributed by atoms with E-state index in [0.29, 0.717) is 22.0 Å². The summed E-state index contributed by atoms with van der Waals surface area (Å²) in [5.74, 6) is 0. The molecule has 0 saturated carbocycles. The Morgan fingerprint density at radius 2 is 1.56 bits per heavy atom. The summed E-state index contributed by atoms with van der Waals surface area (Å²) in [5, 5.41) is 4.35. The Kier molecular flexibility index (Phi) is 3.71. The van der Waals surface area contributed by atoms with Crippen LogP contribution in [0.15, 0.2) is 71.5 Å². The minimum atomic E-state index is -0.0203. The summed E-state index contributed by atoms with van der Waals surface area (Å²) in [6.45, 7) is 0. The number of thiocarbonyl (C=S) groups is 1. The number of benzene rings is 3. The number of rotatable bonds is 2. The zero-order chi connectivity index (χ0) is 17.4. The molecular weight excluding hydrogens is 330 g/mol. The van der Waals surface area contributed by atoms with Crippen LogP contribution in [0.2, 0.25) is 0 Å². The van der Waals surface area contributed by atoms with E-state index in [2.05, 4.69) is 10.3 Å². The number of hydrogen-bond acceptors (Lipinski definition) is 2. The number of nitrogens with two attached hydrogens (primary N) is 1. The molecule has 0 aliphatic rings. The van der Waals surface area contributed by atoms with Crippen molar-refractivity contribution in [1.29, 1.82) is 0 Å². The Morgan fingerprint density at radius 1 is 0.880 bits per heavy atom. The third-order valence-electron chi connectivity index (χ3n) is 4.21. The number of fused-ring (bicyclic) bond motifs is 2. The second-order valence-electron chi connectivity index (χ2n) is 5.77. The molecule has 3 aromatic carbocycles. The predicted molar refractivity (Wildman–Crippen MR) is 108 cm³/mol. The number of aromatic nitrogens is 1. The van der Waals surface area contributed by atoms with Crippen LogP contribution in [0.25, 0.3) is 32.9 Å². The molecule has 4 N–H and O–H groups in total. The zero-order valence-electron chi connectivity index (χ0n) is 13.2. The van der Waals surface area contributed by atoms with Gasteiger partial charge in [-0.25, -0.2) is 0 Å². The Morgan fingerprint density at radius 3 is 2.28 bits per heavy atom. The third-order valence-corrected chi connectivity index (χ3v) is 4.31. The zero-order valence-corrected chi connectivity index (χ0v) is 14.1.